The minimum Gasteiger partial charge on any atom is -0.480 e. The lowest BCUT2D eigenvalue weighted by atomic mass is 10.0. The van der Waals surface area contributed by atoms with Crippen molar-refractivity contribution < 1.29 is 24.3 Å². The molecule has 1 aromatic rings. The van der Waals surface area contributed by atoms with E-state index in [0.717, 1.165) is 28.6 Å². The van der Waals surface area contributed by atoms with Gasteiger partial charge in [-0.25, -0.2) is 4.79 Å². The molecule has 8 heteroatoms. The number of nitrogens with zero attached hydrogens (tertiary/aromatic N) is 2. The average molecular weight is 400 g/mol. The Labute approximate surface area is 166 Å². The lowest BCUT2D eigenvalue weighted by Gasteiger charge is -2.33. The Morgan fingerprint density at radius 1 is 1.18 bits per heavy atom. The van der Waals surface area contributed by atoms with Gasteiger partial charge in [-0.1, -0.05) is 42.5 Å². The van der Waals surface area contributed by atoms with E-state index in [1.807, 2.05) is 36.4 Å². The van der Waals surface area contributed by atoms with Crippen LogP contribution >= 0.6 is 11.8 Å². The number of benzene rings is 1. The number of carboxylic acids is 1. The summed E-state index contributed by atoms with van der Waals surface area (Å²) in [6.45, 7) is -0.115. The smallest absolute Gasteiger partial charge is 0.326 e. The van der Waals surface area contributed by atoms with Crippen LogP contribution < -0.4 is 0 Å². The monoisotopic (exact) mass is 400 g/mol. The lowest BCUT2D eigenvalue weighted by Crippen LogP contribution is -2.51. The molecular formula is C20H20N2O5S. The van der Waals surface area contributed by atoms with Gasteiger partial charge in [-0.2, -0.15) is 0 Å². The normalized spacial score (nSPS) is 21.7. The van der Waals surface area contributed by atoms with Gasteiger partial charge in [0, 0.05) is 6.54 Å². The highest BCUT2D eigenvalue weighted by molar-refractivity contribution is 8.18. The van der Waals surface area contributed by atoms with Gasteiger partial charge >= 0.3 is 5.97 Å². The van der Waals surface area contributed by atoms with Gasteiger partial charge in [0.25, 0.3) is 11.1 Å². The fourth-order valence-corrected chi connectivity index (χ4v) is 3.96. The summed E-state index contributed by atoms with van der Waals surface area (Å²) in [7, 11) is 0. The van der Waals surface area contributed by atoms with Crippen molar-refractivity contribution >= 4 is 40.9 Å². The average Bonchev–Trinajstić information content (AvgIpc) is 2.96. The molecule has 146 valence electrons. The topological polar surface area (TPSA) is 95.0 Å². The first-order valence-electron chi connectivity index (χ1n) is 8.97. The standard InChI is InChI=1S/C20H20N2O5S/c23-17(21-12-5-4-10-15(21)19(25)26)13-22-18(24)16(28-20(22)27)11-6-9-14-7-2-1-3-8-14/h1-3,6-9,11,15H,4-5,10,12-13H2,(H,25,26). The van der Waals surface area contributed by atoms with Crippen LogP contribution in [0.3, 0.4) is 0 Å². The number of likely N-dealkylation sites (tertiary alicyclic amines) is 1. The number of imide groups is 1. The van der Waals surface area contributed by atoms with Crippen molar-refractivity contribution in [3.63, 3.8) is 0 Å². The maximum absolute atomic E-state index is 12.5. The summed E-state index contributed by atoms with van der Waals surface area (Å²) >= 11 is 0.773. The fourth-order valence-electron chi connectivity index (χ4n) is 3.17. The number of carbonyl (C=O) groups is 4. The van der Waals surface area contributed by atoms with Gasteiger partial charge in [0.2, 0.25) is 5.91 Å². The molecular weight excluding hydrogens is 380 g/mol. The van der Waals surface area contributed by atoms with Crippen LogP contribution in [-0.2, 0) is 14.4 Å². The number of rotatable bonds is 5. The molecule has 28 heavy (non-hydrogen) atoms. The largest absolute Gasteiger partial charge is 0.480 e. The van der Waals surface area contributed by atoms with Gasteiger partial charge < -0.3 is 10.0 Å². The second-order valence-electron chi connectivity index (χ2n) is 6.50. The Bertz CT molecular complexity index is 849. The van der Waals surface area contributed by atoms with Crippen molar-refractivity contribution in [2.45, 2.75) is 25.3 Å². The van der Waals surface area contributed by atoms with Crippen LogP contribution in [-0.4, -0.2) is 57.1 Å². The summed E-state index contributed by atoms with van der Waals surface area (Å²) in [6.07, 6.45) is 6.86. The molecule has 2 fully saturated rings. The van der Waals surface area contributed by atoms with Gasteiger partial charge in [0.15, 0.2) is 0 Å². The first-order chi connectivity index (χ1) is 13.5. The van der Waals surface area contributed by atoms with Crippen LogP contribution in [0.25, 0.3) is 6.08 Å². The molecule has 7 nitrogen and oxygen atoms in total. The van der Waals surface area contributed by atoms with Crippen LogP contribution in [0.5, 0.6) is 0 Å². The summed E-state index contributed by atoms with van der Waals surface area (Å²) in [5.74, 6) is -2.12. The highest BCUT2D eigenvalue weighted by Crippen LogP contribution is 2.31. The summed E-state index contributed by atoms with van der Waals surface area (Å²) in [5.41, 5.74) is 0.956. The van der Waals surface area contributed by atoms with Gasteiger partial charge in [-0.3, -0.25) is 19.3 Å². The zero-order valence-corrected chi connectivity index (χ0v) is 15.9. The number of hydrogen-bond acceptors (Lipinski definition) is 5. The highest BCUT2D eigenvalue weighted by Gasteiger charge is 2.39. The molecule has 3 rings (SSSR count). The molecule has 2 saturated heterocycles. The Morgan fingerprint density at radius 3 is 2.64 bits per heavy atom. The van der Waals surface area contributed by atoms with E-state index in [4.69, 9.17) is 0 Å². The summed E-state index contributed by atoms with van der Waals surface area (Å²) < 4.78 is 0. The molecule has 0 aliphatic carbocycles. The van der Waals surface area contributed by atoms with Crippen molar-refractivity contribution in [3.8, 4) is 0 Å². The van der Waals surface area contributed by atoms with Crippen molar-refractivity contribution in [2.75, 3.05) is 13.1 Å². The van der Waals surface area contributed by atoms with Gasteiger partial charge in [-0.15, -0.1) is 0 Å². The van der Waals surface area contributed by atoms with Gasteiger partial charge in [0.05, 0.1) is 4.91 Å². The molecule has 3 amide bonds. The Balaban J connectivity index is 1.66. The first-order valence-corrected chi connectivity index (χ1v) is 9.78. The van der Waals surface area contributed by atoms with Crippen LogP contribution in [0.4, 0.5) is 4.79 Å². The van der Waals surface area contributed by atoms with Crippen molar-refractivity contribution in [2.24, 2.45) is 0 Å². The number of carboxylic acid groups (broad SMARTS) is 1. The van der Waals surface area contributed by atoms with E-state index in [0.29, 0.717) is 19.4 Å². The molecule has 2 aliphatic rings. The van der Waals surface area contributed by atoms with E-state index in [2.05, 4.69) is 0 Å². The van der Waals surface area contributed by atoms with E-state index in [9.17, 15) is 24.3 Å². The predicted molar refractivity (Wildman–Crippen MR) is 105 cm³/mol. The molecule has 0 radical (unpaired) electrons. The second-order valence-corrected chi connectivity index (χ2v) is 7.49. The summed E-state index contributed by atoms with van der Waals surface area (Å²) in [5, 5.41) is 8.77. The Morgan fingerprint density at radius 2 is 1.93 bits per heavy atom. The third-order valence-corrected chi connectivity index (χ3v) is 5.54. The van der Waals surface area contributed by atoms with Crippen LogP contribution in [0.2, 0.25) is 0 Å². The van der Waals surface area contributed by atoms with Crippen molar-refractivity contribution in [1.82, 2.24) is 9.80 Å². The van der Waals surface area contributed by atoms with E-state index in [-0.39, 0.29) is 4.91 Å². The molecule has 0 bridgehead atoms. The van der Waals surface area contributed by atoms with Crippen molar-refractivity contribution in [3.05, 3.63) is 53.0 Å². The Hall–Kier alpha value is -2.87. The molecule has 2 heterocycles. The molecule has 1 atom stereocenters. The number of aliphatic carboxylic acids is 1. The number of piperidine rings is 1. The zero-order chi connectivity index (χ0) is 20.1. The van der Waals surface area contributed by atoms with Gasteiger partial charge in [0.1, 0.15) is 12.6 Å². The van der Waals surface area contributed by atoms with Crippen LogP contribution in [0.15, 0.2) is 47.4 Å². The highest BCUT2D eigenvalue weighted by atomic mass is 32.2. The maximum atomic E-state index is 12.5. The number of hydrogen-bond donors (Lipinski definition) is 1. The predicted octanol–water partition coefficient (Wildman–Crippen LogP) is 2.74. The van der Waals surface area contributed by atoms with E-state index in [1.165, 1.54) is 4.90 Å². The number of carbonyl (C=O) groups excluding carboxylic acids is 3. The summed E-state index contributed by atoms with van der Waals surface area (Å²) in [4.78, 5) is 50.9. The molecule has 0 saturated carbocycles. The second kappa shape index (κ2) is 8.88. The molecule has 1 N–H and O–H groups in total. The number of thioether (sulfide) groups is 1. The molecule has 2 aliphatic heterocycles. The first kappa shape index (κ1) is 19.9. The van der Waals surface area contributed by atoms with E-state index in [1.54, 1.807) is 12.2 Å². The molecule has 1 aromatic carbocycles. The van der Waals surface area contributed by atoms with Crippen molar-refractivity contribution in [1.29, 1.82) is 0 Å². The van der Waals surface area contributed by atoms with E-state index >= 15 is 0 Å². The third kappa shape index (κ3) is 4.51. The third-order valence-electron chi connectivity index (χ3n) is 4.61. The number of amides is 3. The molecule has 0 spiro atoms. The number of allylic oxidation sites excluding steroid dienone is 2. The van der Waals surface area contributed by atoms with E-state index < -0.39 is 35.6 Å². The van der Waals surface area contributed by atoms with Gasteiger partial charge in [-0.05, 0) is 42.7 Å². The zero-order valence-electron chi connectivity index (χ0n) is 15.1. The molecule has 1 unspecified atom stereocenters. The quantitative estimate of drug-likeness (QED) is 0.764. The fraction of sp³-hybridized carbons (Fsp3) is 0.300. The molecule has 0 aromatic heterocycles. The summed E-state index contributed by atoms with van der Waals surface area (Å²) in [6, 6.07) is 8.61. The SMILES string of the molecule is O=C(O)C1CCCCN1C(=O)CN1C(=O)SC(=CC=Cc2ccccc2)C1=O. The minimum absolute atomic E-state index is 0.235. The lowest BCUT2D eigenvalue weighted by molar-refractivity contribution is -0.152. The minimum atomic E-state index is -1.06. The maximum Gasteiger partial charge on any atom is 0.326 e. The van der Waals surface area contributed by atoms with Crippen LogP contribution in [0, 0.1) is 0 Å². The Kier molecular flexibility index (Phi) is 6.30. The van der Waals surface area contributed by atoms with Crippen LogP contribution in [0.1, 0.15) is 24.8 Å².